The monoisotopic (exact) mass is 870 g/mol. The van der Waals surface area contributed by atoms with E-state index in [1.54, 1.807) is 27.9 Å². The second-order valence-corrected chi connectivity index (χ2v) is 16.9. The summed E-state index contributed by atoms with van der Waals surface area (Å²) in [5.41, 5.74) is 5.45. The van der Waals surface area contributed by atoms with Gasteiger partial charge in [0.2, 0.25) is 35.4 Å². The summed E-state index contributed by atoms with van der Waals surface area (Å²) in [6.45, 7) is 7.34. The Kier molecular flexibility index (Phi) is 16.1. The summed E-state index contributed by atoms with van der Waals surface area (Å²) in [5.74, 6) is -2.59. The van der Waals surface area contributed by atoms with Crippen LogP contribution in [0.25, 0.3) is 0 Å². The third-order valence-corrected chi connectivity index (χ3v) is 12.6. The number of likely N-dealkylation sites (N-methyl/N-ethyl adjacent to an activating group) is 2. The van der Waals surface area contributed by atoms with Crippen molar-refractivity contribution < 1.29 is 28.8 Å². The first-order chi connectivity index (χ1) is 30.8. The molecule has 14 nitrogen and oxygen atoms in total. The first kappa shape index (κ1) is 47.1. The van der Waals surface area contributed by atoms with Gasteiger partial charge in [0.05, 0.1) is 24.2 Å². The summed E-state index contributed by atoms with van der Waals surface area (Å²) in [4.78, 5) is 88.8. The summed E-state index contributed by atoms with van der Waals surface area (Å²) in [6, 6.07) is 28.1. The molecule has 0 saturated heterocycles. The first-order valence-corrected chi connectivity index (χ1v) is 22.2. The Morgan fingerprint density at radius 3 is 1.16 bits per heavy atom. The van der Waals surface area contributed by atoms with E-state index in [1.807, 2.05) is 123 Å². The van der Waals surface area contributed by atoms with Crippen molar-refractivity contribution in [1.29, 1.82) is 0 Å². The standard InChI is InChI=1S/C50H62N8O6/c1-31(35-17-9-7-10-18-35)53-47(61)43-27-37-21-13-15-23-39(37)29-57(43)49(63)41(55-45(59)33(3)51-5)25-26-42(56-46(60)34(4)52-6)50(64)58-30-40-24-16-14-22-38(40)28-44(58)48(62)54-32(2)36-19-11-8-12-20-36/h7-24,31-34,41-44,51-52H,25-30H2,1-6H3,(H,53,61)(H,54,62)(H,55,59)(H,56,60)/t31-,32-,33+,34+,41+,42+,43+,44+/m1/s1. The van der Waals surface area contributed by atoms with Gasteiger partial charge in [0.25, 0.3) is 0 Å². The van der Waals surface area contributed by atoms with Crippen LogP contribution in [0.1, 0.15) is 86.0 Å². The van der Waals surface area contributed by atoms with Gasteiger partial charge in [-0.2, -0.15) is 0 Å². The van der Waals surface area contributed by atoms with Crippen LogP contribution in [0.4, 0.5) is 0 Å². The van der Waals surface area contributed by atoms with Crippen molar-refractivity contribution in [3.8, 4) is 0 Å². The van der Waals surface area contributed by atoms with Crippen LogP contribution in [-0.2, 0) is 54.7 Å². The minimum Gasteiger partial charge on any atom is -0.348 e. The third-order valence-electron chi connectivity index (χ3n) is 12.6. The molecule has 2 aliphatic heterocycles. The Bertz CT molecular complexity index is 2120. The number of benzene rings is 4. The highest BCUT2D eigenvalue weighted by molar-refractivity contribution is 5.95. The number of rotatable bonds is 17. The maximum atomic E-state index is 15.0. The quantitative estimate of drug-likeness (QED) is 0.0932. The number of fused-ring (bicyclic) bond motifs is 2. The molecular formula is C50H62N8O6. The van der Waals surface area contributed by atoms with E-state index >= 15 is 9.59 Å². The molecule has 0 radical (unpaired) electrons. The lowest BCUT2D eigenvalue weighted by molar-refractivity contribution is -0.146. The molecule has 8 atom stereocenters. The Morgan fingerprint density at radius 1 is 0.484 bits per heavy atom. The van der Waals surface area contributed by atoms with E-state index in [4.69, 9.17) is 0 Å². The highest BCUT2D eigenvalue weighted by Crippen LogP contribution is 2.28. The van der Waals surface area contributed by atoms with Crippen molar-refractivity contribution in [2.75, 3.05) is 14.1 Å². The van der Waals surface area contributed by atoms with Crippen molar-refractivity contribution in [2.24, 2.45) is 0 Å². The smallest absolute Gasteiger partial charge is 0.246 e. The maximum Gasteiger partial charge on any atom is 0.246 e. The summed E-state index contributed by atoms with van der Waals surface area (Å²) >= 11 is 0. The fourth-order valence-electron chi connectivity index (χ4n) is 8.35. The van der Waals surface area contributed by atoms with Gasteiger partial charge in [-0.1, -0.05) is 109 Å². The highest BCUT2D eigenvalue weighted by Gasteiger charge is 2.42. The van der Waals surface area contributed by atoms with E-state index in [0.717, 1.165) is 33.4 Å². The molecule has 6 rings (SSSR count). The highest BCUT2D eigenvalue weighted by atomic mass is 16.2. The van der Waals surface area contributed by atoms with Crippen LogP contribution in [0, 0.1) is 0 Å². The van der Waals surface area contributed by atoms with Crippen LogP contribution in [0.2, 0.25) is 0 Å². The van der Waals surface area contributed by atoms with E-state index < -0.39 is 59.9 Å². The van der Waals surface area contributed by atoms with Crippen LogP contribution < -0.4 is 31.9 Å². The molecule has 0 aliphatic carbocycles. The summed E-state index contributed by atoms with van der Waals surface area (Å²) < 4.78 is 0. The molecule has 6 amide bonds. The SMILES string of the molecule is CN[C@@H](C)C(=O)N[C@@H](CC[C@H](NC(=O)[C@H](C)NC)C(=O)N1Cc2ccccc2C[C@H]1C(=O)N[C@H](C)c1ccccc1)C(=O)N1Cc2ccccc2C[C@H]1C(=O)N[C@H](C)c1ccccc1. The third kappa shape index (κ3) is 11.4. The first-order valence-electron chi connectivity index (χ1n) is 22.2. The topological polar surface area (TPSA) is 181 Å². The van der Waals surface area contributed by atoms with E-state index in [9.17, 15) is 19.2 Å². The molecule has 0 fully saturated rings. The van der Waals surface area contributed by atoms with Crippen molar-refractivity contribution >= 4 is 35.4 Å². The normalized spacial score (nSPS) is 18.4. The molecule has 14 heteroatoms. The molecule has 0 unspecified atom stereocenters. The second kappa shape index (κ2) is 21.8. The van der Waals surface area contributed by atoms with Crippen LogP contribution in [0.3, 0.4) is 0 Å². The Labute approximate surface area is 376 Å². The lowest BCUT2D eigenvalue weighted by atomic mass is 9.91. The zero-order valence-corrected chi connectivity index (χ0v) is 37.6. The number of amides is 6. The van der Waals surface area contributed by atoms with Crippen LogP contribution in [-0.4, -0.2) is 95.6 Å². The van der Waals surface area contributed by atoms with Crippen LogP contribution >= 0.6 is 0 Å². The van der Waals surface area contributed by atoms with Gasteiger partial charge >= 0.3 is 0 Å². The van der Waals surface area contributed by atoms with E-state index in [0.29, 0.717) is 0 Å². The Balaban J connectivity index is 1.31. The zero-order chi connectivity index (χ0) is 45.9. The van der Waals surface area contributed by atoms with Gasteiger partial charge in [0.15, 0.2) is 0 Å². The summed E-state index contributed by atoms with van der Waals surface area (Å²) in [5, 5.41) is 17.9. The van der Waals surface area contributed by atoms with Crippen molar-refractivity contribution in [3.63, 3.8) is 0 Å². The molecular weight excluding hydrogens is 809 g/mol. The number of hydrogen-bond acceptors (Lipinski definition) is 8. The van der Waals surface area contributed by atoms with E-state index in [2.05, 4.69) is 31.9 Å². The average molecular weight is 871 g/mol. The van der Waals surface area contributed by atoms with E-state index in [1.165, 1.54) is 9.80 Å². The van der Waals surface area contributed by atoms with Crippen molar-refractivity contribution in [1.82, 2.24) is 41.7 Å². The molecule has 0 bridgehead atoms. The van der Waals surface area contributed by atoms with Crippen LogP contribution in [0.15, 0.2) is 109 Å². The van der Waals surface area contributed by atoms with Gasteiger partial charge in [0, 0.05) is 25.9 Å². The van der Waals surface area contributed by atoms with Gasteiger partial charge in [-0.25, -0.2) is 0 Å². The van der Waals surface area contributed by atoms with Gasteiger partial charge in [0.1, 0.15) is 24.2 Å². The molecule has 6 N–H and O–H groups in total. The lowest BCUT2D eigenvalue weighted by Gasteiger charge is -2.40. The molecule has 0 aromatic heterocycles. The van der Waals surface area contributed by atoms with Crippen LogP contribution in [0.5, 0.6) is 0 Å². The number of hydrogen-bond donors (Lipinski definition) is 6. The van der Waals surface area contributed by atoms with Gasteiger partial charge < -0.3 is 41.7 Å². The number of carbonyl (C=O) groups excluding carboxylic acids is 6. The molecule has 64 heavy (non-hydrogen) atoms. The molecule has 0 spiro atoms. The molecule has 4 aromatic carbocycles. The molecule has 2 aliphatic rings. The van der Waals surface area contributed by atoms with Gasteiger partial charge in [-0.05, 0) is 88.0 Å². The summed E-state index contributed by atoms with van der Waals surface area (Å²) in [7, 11) is 3.27. The molecule has 338 valence electrons. The average Bonchev–Trinajstić information content (AvgIpc) is 3.33. The Morgan fingerprint density at radius 2 is 0.812 bits per heavy atom. The maximum absolute atomic E-state index is 15.0. The van der Waals surface area contributed by atoms with Gasteiger partial charge in [-0.3, -0.25) is 28.8 Å². The molecule has 4 aromatic rings. The predicted octanol–water partition coefficient (Wildman–Crippen LogP) is 3.61. The molecule has 0 saturated carbocycles. The van der Waals surface area contributed by atoms with E-state index in [-0.39, 0.29) is 62.7 Å². The van der Waals surface area contributed by atoms with Crippen molar-refractivity contribution in [2.45, 2.75) is 115 Å². The molecule has 2 heterocycles. The fraction of sp³-hybridized carbons (Fsp3) is 0.400. The summed E-state index contributed by atoms with van der Waals surface area (Å²) in [6.07, 6.45) is 0.352. The number of carbonyl (C=O) groups is 6. The van der Waals surface area contributed by atoms with Crippen molar-refractivity contribution in [3.05, 3.63) is 143 Å². The largest absolute Gasteiger partial charge is 0.348 e. The number of nitrogens with zero attached hydrogens (tertiary/aromatic N) is 2. The Hall–Kier alpha value is -6.38. The predicted molar refractivity (Wildman–Crippen MR) is 245 cm³/mol. The fourth-order valence-corrected chi connectivity index (χ4v) is 8.35. The minimum absolute atomic E-state index is 0.0785. The number of nitrogens with one attached hydrogen (secondary N) is 6. The second-order valence-electron chi connectivity index (χ2n) is 16.9. The lowest BCUT2D eigenvalue weighted by Crippen LogP contribution is -2.60. The minimum atomic E-state index is -1.20. The zero-order valence-electron chi connectivity index (χ0n) is 37.6. The van der Waals surface area contributed by atoms with Gasteiger partial charge in [-0.15, -0.1) is 0 Å².